The number of amides is 1. The second-order valence-electron chi connectivity index (χ2n) is 5.46. The number of nitrogens with zero attached hydrogens (tertiary/aromatic N) is 1. The Morgan fingerprint density at radius 2 is 2.27 bits per heavy atom. The molecule has 116 valence electrons. The lowest BCUT2D eigenvalue weighted by molar-refractivity contribution is 0.0929. The quantitative estimate of drug-likeness (QED) is 0.913. The molecule has 3 rings (SSSR count). The van der Waals surface area contributed by atoms with Crippen LogP contribution in [0, 0.1) is 6.92 Å². The summed E-state index contributed by atoms with van der Waals surface area (Å²) in [7, 11) is 0. The summed E-state index contributed by atoms with van der Waals surface area (Å²) in [5.41, 5.74) is 1.65. The molecule has 5 nitrogen and oxygen atoms in total. The van der Waals surface area contributed by atoms with Crippen LogP contribution in [0.2, 0.25) is 5.02 Å². The molecule has 0 radical (unpaired) electrons. The third kappa shape index (κ3) is 3.00. The standard InChI is InChI=1S/C16H18ClN3O2/c1-10-14(16(21)19-11-5-4-8-18-9-11)15(20-22-10)12-6-2-3-7-13(12)17/h2-3,6-7,11,18H,4-5,8-9H2,1H3,(H,19,21). The number of hydrogen-bond acceptors (Lipinski definition) is 4. The number of carbonyl (C=O) groups excluding carboxylic acids is 1. The molecule has 0 saturated carbocycles. The van der Waals surface area contributed by atoms with Crippen molar-refractivity contribution in [3.05, 3.63) is 40.6 Å². The smallest absolute Gasteiger partial charge is 0.257 e. The van der Waals surface area contributed by atoms with Gasteiger partial charge in [0, 0.05) is 18.2 Å². The molecule has 1 amide bonds. The van der Waals surface area contributed by atoms with Crippen LogP contribution < -0.4 is 10.6 Å². The molecule has 6 heteroatoms. The molecule has 1 aromatic heterocycles. The van der Waals surface area contributed by atoms with E-state index in [0.29, 0.717) is 27.6 Å². The third-order valence-electron chi connectivity index (χ3n) is 3.85. The molecule has 2 heterocycles. The number of hydrogen-bond donors (Lipinski definition) is 2. The summed E-state index contributed by atoms with van der Waals surface area (Å²) in [6, 6.07) is 7.44. The van der Waals surface area contributed by atoms with Crippen LogP contribution in [-0.2, 0) is 0 Å². The highest BCUT2D eigenvalue weighted by atomic mass is 35.5. The van der Waals surface area contributed by atoms with Gasteiger partial charge in [-0.05, 0) is 32.4 Å². The van der Waals surface area contributed by atoms with Crippen LogP contribution in [0.15, 0.2) is 28.8 Å². The zero-order chi connectivity index (χ0) is 15.5. The molecule has 1 aliphatic rings. The van der Waals surface area contributed by atoms with Crippen molar-refractivity contribution < 1.29 is 9.32 Å². The van der Waals surface area contributed by atoms with Crippen LogP contribution in [0.1, 0.15) is 29.0 Å². The Kier molecular flexibility index (Phi) is 4.45. The molecule has 1 fully saturated rings. The van der Waals surface area contributed by atoms with Crippen molar-refractivity contribution in [1.29, 1.82) is 0 Å². The number of nitrogens with one attached hydrogen (secondary N) is 2. The summed E-state index contributed by atoms with van der Waals surface area (Å²) in [5, 5.41) is 10.9. The van der Waals surface area contributed by atoms with E-state index in [4.69, 9.17) is 16.1 Å². The number of carbonyl (C=O) groups is 1. The van der Waals surface area contributed by atoms with Gasteiger partial charge in [0.05, 0.1) is 5.02 Å². The topological polar surface area (TPSA) is 67.2 Å². The van der Waals surface area contributed by atoms with Crippen molar-refractivity contribution >= 4 is 17.5 Å². The Hall–Kier alpha value is -1.85. The Morgan fingerprint density at radius 3 is 3.00 bits per heavy atom. The van der Waals surface area contributed by atoms with Crippen LogP contribution in [0.3, 0.4) is 0 Å². The Balaban J connectivity index is 1.89. The fraction of sp³-hybridized carbons (Fsp3) is 0.375. The maximum atomic E-state index is 12.6. The van der Waals surface area contributed by atoms with Crippen LogP contribution in [0.25, 0.3) is 11.3 Å². The normalized spacial score (nSPS) is 18.2. The molecule has 2 N–H and O–H groups in total. The van der Waals surface area contributed by atoms with Gasteiger partial charge in [0.2, 0.25) is 0 Å². The lowest BCUT2D eigenvalue weighted by Crippen LogP contribution is -2.45. The molecule has 0 aliphatic carbocycles. The van der Waals surface area contributed by atoms with Crippen LogP contribution in [-0.4, -0.2) is 30.2 Å². The number of halogens is 1. The van der Waals surface area contributed by atoms with E-state index in [-0.39, 0.29) is 11.9 Å². The first-order chi connectivity index (χ1) is 10.7. The molecule has 0 bridgehead atoms. The Labute approximate surface area is 134 Å². The summed E-state index contributed by atoms with van der Waals surface area (Å²) in [4.78, 5) is 12.6. The van der Waals surface area contributed by atoms with Crippen molar-refractivity contribution in [3.8, 4) is 11.3 Å². The van der Waals surface area contributed by atoms with E-state index in [1.807, 2.05) is 18.2 Å². The molecule has 1 unspecified atom stereocenters. The van der Waals surface area contributed by atoms with E-state index in [9.17, 15) is 4.79 Å². The van der Waals surface area contributed by atoms with Crippen LogP contribution in [0.4, 0.5) is 0 Å². The van der Waals surface area contributed by atoms with E-state index in [1.54, 1.807) is 13.0 Å². The SMILES string of the molecule is Cc1onc(-c2ccccc2Cl)c1C(=O)NC1CCCNC1. The van der Waals surface area contributed by atoms with Crippen LogP contribution >= 0.6 is 11.6 Å². The van der Waals surface area contributed by atoms with Crippen molar-refractivity contribution in [2.75, 3.05) is 13.1 Å². The predicted molar refractivity (Wildman–Crippen MR) is 85.0 cm³/mol. The monoisotopic (exact) mass is 319 g/mol. The highest BCUT2D eigenvalue weighted by Crippen LogP contribution is 2.31. The van der Waals surface area contributed by atoms with E-state index in [0.717, 1.165) is 25.9 Å². The number of aromatic nitrogens is 1. The number of aryl methyl sites for hydroxylation is 1. The van der Waals surface area contributed by atoms with Gasteiger partial charge in [0.25, 0.3) is 5.91 Å². The van der Waals surface area contributed by atoms with E-state index in [2.05, 4.69) is 15.8 Å². The molecular formula is C16H18ClN3O2. The summed E-state index contributed by atoms with van der Waals surface area (Å²) in [6.07, 6.45) is 2.04. The van der Waals surface area contributed by atoms with Crippen molar-refractivity contribution in [2.24, 2.45) is 0 Å². The highest BCUT2D eigenvalue weighted by molar-refractivity contribution is 6.33. The maximum absolute atomic E-state index is 12.6. The van der Waals surface area contributed by atoms with Gasteiger partial charge in [-0.25, -0.2) is 0 Å². The predicted octanol–water partition coefficient (Wildman–Crippen LogP) is 2.79. The largest absolute Gasteiger partial charge is 0.360 e. The molecule has 1 aromatic carbocycles. The van der Waals surface area contributed by atoms with Crippen molar-refractivity contribution in [3.63, 3.8) is 0 Å². The fourth-order valence-electron chi connectivity index (χ4n) is 2.71. The van der Waals surface area contributed by atoms with Gasteiger partial charge in [0.15, 0.2) is 0 Å². The van der Waals surface area contributed by atoms with Crippen molar-refractivity contribution in [1.82, 2.24) is 15.8 Å². The van der Waals surface area contributed by atoms with Gasteiger partial charge in [-0.2, -0.15) is 0 Å². The second-order valence-corrected chi connectivity index (χ2v) is 5.87. The molecule has 0 spiro atoms. The van der Waals surface area contributed by atoms with Gasteiger partial charge in [-0.3, -0.25) is 4.79 Å². The lowest BCUT2D eigenvalue weighted by atomic mass is 10.0. The lowest BCUT2D eigenvalue weighted by Gasteiger charge is -2.23. The molecule has 22 heavy (non-hydrogen) atoms. The number of piperidine rings is 1. The summed E-state index contributed by atoms with van der Waals surface area (Å²) < 4.78 is 5.23. The molecule has 1 atom stereocenters. The molecule has 2 aromatic rings. The van der Waals surface area contributed by atoms with Gasteiger partial charge in [0.1, 0.15) is 17.0 Å². The molecule has 1 aliphatic heterocycles. The van der Waals surface area contributed by atoms with Gasteiger partial charge >= 0.3 is 0 Å². The van der Waals surface area contributed by atoms with Crippen molar-refractivity contribution in [2.45, 2.75) is 25.8 Å². The van der Waals surface area contributed by atoms with Gasteiger partial charge in [-0.15, -0.1) is 0 Å². The maximum Gasteiger partial charge on any atom is 0.257 e. The first-order valence-electron chi connectivity index (χ1n) is 7.39. The summed E-state index contributed by atoms with van der Waals surface area (Å²) in [5.74, 6) is 0.332. The Morgan fingerprint density at radius 1 is 1.45 bits per heavy atom. The number of rotatable bonds is 3. The molecular weight excluding hydrogens is 302 g/mol. The average Bonchev–Trinajstić information content (AvgIpc) is 2.90. The fourth-order valence-corrected chi connectivity index (χ4v) is 2.93. The minimum Gasteiger partial charge on any atom is -0.360 e. The molecule has 1 saturated heterocycles. The zero-order valence-electron chi connectivity index (χ0n) is 12.4. The van der Waals surface area contributed by atoms with Gasteiger partial charge < -0.3 is 15.2 Å². The highest BCUT2D eigenvalue weighted by Gasteiger charge is 2.25. The first-order valence-corrected chi connectivity index (χ1v) is 7.77. The summed E-state index contributed by atoms with van der Waals surface area (Å²) in [6.45, 7) is 3.53. The minimum absolute atomic E-state index is 0.134. The summed E-state index contributed by atoms with van der Waals surface area (Å²) >= 11 is 6.21. The zero-order valence-corrected chi connectivity index (χ0v) is 13.1. The van der Waals surface area contributed by atoms with Gasteiger partial charge in [-0.1, -0.05) is 35.0 Å². The first kappa shape index (κ1) is 15.1. The second kappa shape index (κ2) is 6.50. The average molecular weight is 320 g/mol. The van der Waals surface area contributed by atoms with E-state index in [1.165, 1.54) is 0 Å². The van der Waals surface area contributed by atoms with Crippen LogP contribution in [0.5, 0.6) is 0 Å². The minimum atomic E-state index is -0.164. The van der Waals surface area contributed by atoms with E-state index >= 15 is 0 Å². The Bertz CT molecular complexity index is 678. The third-order valence-corrected chi connectivity index (χ3v) is 4.18. The number of benzene rings is 1. The van der Waals surface area contributed by atoms with E-state index < -0.39 is 0 Å².